The molecule has 2 aromatic rings. The fourth-order valence-corrected chi connectivity index (χ4v) is 3.02. The highest BCUT2D eigenvalue weighted by Gasteiger charge is 2.12. The summed E-state index contributed by atoms with van der Waals surface area (Å²) in [5.41, 5.74) is 9.65. The highest BCUT2D eigenvalue weighted by atomic mass is 16.5. The lowest BCUT2D eigenvalue weighted by Gasteiger charge is -2.16. The predicted molar refractivity (Wildman–Crippen MR) is 100.0 cm³/mol. The summed E-state index contributed by atoms with van der Waals surface area (Å²) in [5.74, 6) is 1.84. The number of benzene rings is 2. The van der Waals surface area contributed by atoms with Gasteiger partial charge in [-0.25, -0.2) is 0 Å². The Balaban J connectivity index is 2.00. The second-order valence-electron chi connectivity index (χ2n) is 6.35. The van der Waals surface area contributed by atoms with E-state index in [9.17, 15) is 0 Å². The van der Waals surface area contributed by atoms with Gasteiger partial charge in [-0.3, -0.25) is 0 Å². The number of nitrogens with two attached hydrogens (primary N) is 1. The second kappa shape index (κ2) is 9.33. The largest absolute Gasteiger partial charge is 0.496 e. The molecule has 3 heteroatoms. The number of ether oxygens (including phenoxy) is 2. The SMILES string of the molecule is COc1cc(C[C@H](C)N)c(OC)cc1CCCCc1ccccc1. The van der Waals surface area contributed by atoms with Crippen molar-refractivity contribution >= 4 is 0 Å². The summed E-state index contributed by atoms with van der Waals surface area (Å²) < 4.78 is 11.1. The third-order valence-electron chi connectivity index (χ3n) is 4.23. The zero-order valence-electron chi connectivity index (χ0n) is 15.0. The summed E-state index contributed by atoms with van der Waals surface area (Å²) in [6.07, 6.45) is 5.18. The first-order valence-corrected chi connectivity index (χ1v) is 8.67. The number of methoxy groups -OCH3 is 2. The van der Waals surface area contributed by atoms with E-state index in [1.54, 1.807) is 14.2 Å². The van der Waals surface area contributed by atoms with E-state index >= 15 is 0 Å². The van der Waals surface area contributed by atoms with E-state index in [0.717, 1.165) is 49.2 Å². The Hall–Kier alpha value is -2.00. The Kier molecular flexibility index (Phi) is 7.13. The number of rotatable bonds is 9. The Morgan fingerprint density at radius 3 is 2.08 bits per heavy atom. The van der Waals surface area contributed by atoms with Crippen LogP contribution >= 0.6 is 0 Å². The van der Waals surface area contributed by atoms with Crippen molar-refractivity contribution in [3.8, 4) is 11.5 Å². The summed E-state index contributed by atoms with van der Waals surface area (Å²) in [6.45, 7) is 2.00. The van der Waals surface area contributed by atoms with Crippen molar-refractivity contribution in [1.82, 2.24) is 0 Å². The molecule has 0 radical (unpaired) electrons. The van der Waals surface area contributed by atoms with Crippen LogP contribution in [0, 0.1) is 0 Å². The summed E-state index contributed by atoms with van der Waals surface area (Å²) in [6, 6.07) is 14.9. The monoisotopic (exact) mass is 327 g/mol. The number of aryl methyl sites for hydroxylation is 2. The molecule has 0 aliphatic rings. The molecule has 0 aromatic heterocycles. The summed E-state index contributed by atoms with van der Waals surface area (Å²) in [7, 11) is 3.44. The van der Waals surface area contributed by atoms with Crippen LogP contribution in [0.25, 0.3) is 0 Å². The van der Waals surface area contributed by atoms with Crippen LogP contribution in [-0.2, 0) is 19.3 Å². The fourth-order valence-electron chi connectivity index (χ4n) is 3.02. The van der Waals surface area contributed by atoms with Gasteiger partial charge in [-0.05, 0) is 67.9 Å². The number of hydrogen-bond acceptors (Lipinski definition) is 3. The van der Waals surface area contributed by atoms with E-state index in [4.69, 9.17) is 15.2 Å². The molecular weight excluding hydrogens is 298 g/mol. The van der Waals surface area contributed by atoms with E-state index in [2.05, 4.69) is 42.5 Å². The van der Waals surface area contributed by atoms with Gasteiger partial charge in [0.2, 0.25) is 0 Å². The normalized spacial score (nSPS) is 12.0. The van der Waals surface area contributed by atoms with E-state index in [-0.39, 0.29) is 6.04 Å². The summed E-state index contributed by atoms with van der Waals surface area (Å²) in [5, 5.41) is 0. The standard InChI is InChI=1S/C21H29NO2/c1-16(22)13-19-15-20(23-2)18(14-21(19)24-3)12-8-7-11-17-9-5-4-6-10-17/h4-6,9-10,14-16H,7-8,11-13,22H2,1-3H3/t16-/m0/s1. The maximum absolute atomic E-state index is 5.93. The molecule has 0 aliphatic carbocycles. The molecule has 0 amide bonds. The average molecular weight is 327 g/mol. The first kappa shape index (κ1) is 18.3. The van der Waals surface area contributed by atoms with Crippen molar-refractivity contribution in [3.63, 3.8) is 0 Å². The Morgan fingerprint density at radius 2 is 1.46 bits per heavy atom. The molecule has 130 valence electrons. The molecule has 0 saturated heterocycles. The van der Waals surface area contributed by atoms with Crippen LogP contribution in [-0.4, -0.2) is 20.3 Å². The smallest absolute Gasteiger partial charge is 0.122 e. The molecule has 0 aliphatic heterocycles. The molecule has 0 fully saturated rings. The highest BCUT2D eigenvalue weighted by Crippen LogP contribution is 2.31. The molecule has 2 aromatic carbocycles. The van der Waals surface area contributed by atoms with Gasteiger partial charge in [-0.1, -0.05) is 30.3 Å². The first-order valence-electron chi connectivity index (χ1n) is 8.67. The highest BCUT2D eigenvalue weighted by molar-refractivity contribution is 5.47. The Morgan fingerprint density at radius 1 is 0.875 bits per heavy atom. The zero-order chi connectivity index (χ0) is 17.4. The van der Waals surface area contributed by atoms with Gasteiger partial charge in [0.05, 0.1) is 14.2 Å². The lowest BCUT2D eigenvalue weighted by Crippen LogP contribution is -2.18. The minimum absolute atomic E-state index is 0.0975. The maximum atomic E-state index is 5.93. The lowest BCUT2D eigenvalue weighted by atomic mass is 9.99. The van der Waals surface area contributed by atoms with Gasteiger partial charge in [-0.15, -0.1) is 0 Å². The molecule has 2 rings (SSSR count). The summed E-state index contributed by atoms with van der Waals surface area (Å²) in [4.78, 5) is 0. The molecule has 0 heterocycles. The van der Waals surface area contributed by atoms with Crippen LogP contribution in [0.3, 0.4) is 0 Å². The van der Waals surface area contributed by atoms with E-state index < -0.39 is 0 Å². The van der Waals surface area contributed by atoms with Crippen molar-refractivity contribution in [2.45, 2.75) is 45.1 Å². The van der Waals surface area contributed by atoms with Gasteiger partial charge in [0.25, 0.3) is 0 Å². The van der Waals surface area contributed by atoms with Crippen LogP contribution in [0.4, 0.5) is 0 Å². The molecule has 0 unspecified atom stereocenters. The van der Waals surface area contributed by atoms with Crippen LogP contribution in [0.15, 0.2) is 42.5 Å². The topological polar surface area (TPSA) is 44.5 Å². The second-order valence-corrected chi connectivity index (χ2v) is 6.35. The first-order chi connectivity index (χ1) is 11.6. The molecule has 24 heavy (non-hydrogen) atoms. The van der Waals surface area contributed by atoms with E-state index in [0.29, 0.717) is 0 Å². The molecule has 0 bridgehead atoms. The van der Waals surface area contributed by atoms with Crippen molar-refractivity contribution in [2.24, 2.45) is 5.73 Å². The van der Waals surface area contributed by atoms with Crippen molar-refractivity contribution in [3.05, 3.63) is 59.2 Å². The number of unbranched alkanes of at least 4 members (excludes halogenated alkanes) is 1. The van der Waals surface area contributed by atoms with Gasteiger partial charge in [-0.2, -0.15) is 0 Å². The minimum atomic E-state index is 0.0975. The third kappa shape index (κ3) is 5.27. The van der Waals surface area contributed by atoms with E-state index in [1.807, 2.05) is 6.92 Å². The van der Waals surface area contributed by atoms with E-state index in [1.165, 1.54) is 11.1 Å². The fraction of sp³-hybridized carbons (Fsp3) is 0.429. The molecule has 0 saturated carbocycles. The Bertz CT molecular complexity index is 623. The summed E-state index contributed by atoms with van der Waals surface area (Å²) >= 11 is 0. The van der Waals surface area contributed by atoms with Crippen LogP contribution in [0.2, 0.25) is 0 Å². The van der Waals surface area contributed by atoms with Crippen molar-refractivity contribution in [1.29, 1.82) is 0 Å². The van der Waals surface area contributed by atoms with Gasteiger partial charge >= 0.3 is 0 Å². The predicted octanol–water partition coefficient (Wildman–Crippen LogP) is 4.16. The van der Waals surface area contributed by atoms with Crippen molar-refractivity contribution < 1.29 is 9.47 Å². The molecule has 1 atom stereocenters. The lowest BCUT2D eigenvalue weighted by molar-refractivity contribution is 0.393. The Labute approximate surface area is 145 Å². The van der Waals surface area contributed by atoms with Gasteiger partial charge in [0.15, 0.2) is 0 Å². The number of hydrogen-bond donors (Lipinski definition) is 1. The average Bonchev–Trinajstić information content (AvgIpc) is 2.59. The van der Waals surface area contributed by atoms with Crippen LogP contribution in [0.1, 0.15) is 36.5 Å². The molecule has 0 spiro atoms. The van der Waals surface area contributed by atoms with Crippen LogP contribution < -0.4 is 15.2 Å². The third-order valence-corrected chi connectivity index (χ3v) is 4.23. The molecule has 3 nitrogen and oxygen atoms in total. The zero-order valence-corrected chi connectivity index (χ0v) is 15.0. The maximum Gasteiger partial charge on any atom is 0.122 e. The van der Waals surface area contributed by atoms with Gasteiger partial charge < -0.3 is 15.2 Å². The minimum Gasteiger partial charge on any atom is -0.496 e. The van der Waals surface area contributed by atoms with Crippen molar-refractivity contribution in [2.75, 3.05) is 14.2 Å². The van der Waals surface area contributed by atoms with Gasteiger partial charge in [0.1, 0.15) is 11.5 Å². The molecule has 2 N–H and O–H groups in total. The van der Waals surface area contributed by atoms with Gasteiger partial charge in [0, 0.05) is 6.04 Å². The molecular formula is C21H29NO2. The van der Waals surface area contributed by atoms with Crippen LogP contribution in [0.5, 0.6) is 11.5 Å². The quantitative estimate of drug-likeness (QED) is 0.703.